The minimum atomic E-state index is -0.784. The smallest absolute Gasteiger partial charge is 0.290 e. The van der Waals surface area contributed by atoms with Crippen LogP contribution in [0.1, 0.15) is 65.9 Å². The molecule has 1 aliphatic carbocycles. The predicted molar refractivity (Wildman–Crippen MR) is 135 cm³/mol. The summed E-state index contributed by atoms with van der Waals surface area (Å²) in [6.07, 6.45) is 6.27. The van der Waals surface area contributed by atoms with Gasteiger partial charge in [-0.15, -0.1) is 0 Å². The van der Waals surface area contributed by atoms with Crippen LogP contribution in [-0.2, 0) is 11.2 Å². The van der Waals surface area contributed by atoms with Crippen molar-refractivity contribution < 1.29 is 18.7 Å². The van der Waals surface area contributed by atoms with E-state index in [2.05, 4.69) is 24.4 Å². The molecule has 2 aromatic carbocycles. The van der Waals surface area contributed by atoms with Crippen molar-refractivity contribution in [3.8, 4) is 5.75 Å². The number of carbonyl (C=O) groups excluding carboxylic acids is 2. The van der Waals surface area contributed by atoms with E-state index in [0.717, 1.165) is 48.1 Å². The molecule has 6 nitrogen and oxygen atoms in total. The third-order valence-corrected chi connectivity index (χ3v) is 6.64. The number of nitrogens with one attached hydrogen (secondary N) is 1. The average molecular weight is 475 g/mol. The van der Waals surface area contributed by atoms with Gasteiger partial charge in [-0.25, -0.2) is 0 Å². The maximum Gasteiger partial charge on any atom is 0.290 e. The number of furan rings is 1. The van der Waals surface area contributed by atoms with Gasteiger partial charge in [-0.05, 0) is 74.1 Å². The summed E-state index contributed by atoms with van der Waals surface area (Å²) in [7, 11) is 0. The van der Waals surface area contributed by atoms with Crippen LogP contribution in [0.15, 0.2) is 71.3 Å². The average Bonchev–Trinajstić information content (AvgIpc) is 3.58. The number of aryl methyl sites for hydroxylation is 1. The van der Waals surface area contributed by atoms with E-state index < -0.39 is 6.04 Å². The second kappa shape index (κ2) is 11.7. The summed E-state index contributed by atoms with van der Waals surface area (Å²) in [5.74, 6) is 0.490. The molecule has 0 saturated heterocycles. The molecule has 6 heteroatoms. The third-order valence-electron chi connectivity index (χ3n) is 6.64. The lowest BCUT2D eigenvalue weighted by Crippen LogP contribution is -2.46. The van der Waals surface area contributed by atoms with Gasteiger partial charge in [-0.3, -0.25) is 9.59 Å². The Bertz CT molecular complexity index is 1100. The number of ether oxygens (including phenoxy) is 1. The molecule has 1 aromatic heterocycles. The second-order valence-electron chi connectivity index (χ2n) is 9.05. The quantitative estimate of drug-likeness (QED) is 0.423. The van der Waals surface area contributed by atoms with Gasteiger partial charge in [-0.1, -0.05) is 49.2 Å². The van der Waals surface area contributed by atoms with E-state index in [4.69, 9.17) is 9.15 Å². The fourth-order valence-corrected chi connectivity index (χ4v) is 4.76. The second-order valence-corrected chi connectivity index (χ2v) is 9.05. The molecule has 1 fully saturated rings. The zero-order valence-corrected chi connectivity index (χ0v) is 20.5. The summed E-state index contributed by atoms with van der Waals surface area (Å²) >= 11 is 0. The molecule has 1 heterocycles. The molecular formula is C29H34N2O4. The van der Waals surface area contributed by atoms with E-state index in [1.54, 1.807) is 17.0 Å². The number of rotatable bonds is 10. The molecule has 35 heavy (non-hydrogen) atoms. The lowest BCUT2D eigenvalue weighted by Gasteiger charge is -2.32. The molecule has 1 saturated carbocycles. The van der Waals surface area contributed by atoms with Gasteiger partial charge in [0, 0.05) is 12.6 Å². The van der Waals surface area contributed by atoms with Gasteiger partial charge in [0.2, 0.25) is 5.91 Å². The van der Waals surface area contributed by atoms with Crippen LogP contribution in [0, 0.1) is 6.92 Å². The molecule has 0 spiro atoms. The number of amides is 2. The Morgan fingerprint density at radius 3 is 2.46 bits per heavy atom. The van der Waals surface area contributed by atoms with Gasteiger partial charge in [0.05, 0.1) is 12.9 Å². The van der Waals surface area contributed by atoms with Crippen LogP contribution in [0.25, 0.3) is 0 Å². The van der Waals surface area contributed by atoms with Gasteiger partial charge >= 0.3 is 0 Å². The Morgan fingerprint density at radius 1 is 1.06 bits per heavy atom. The molecule has 0 radical (unpaired) electrons. The van der Waals surface area contributed by atoms with E-state index in [1.165, 1.54) is 6.26 Å². The van der Waals surface area contributed by atoms with Crippen molar-refractivity contribution in [1.82, 2.24) is 10.2 Å². The minimum absolute atomic E-state index is 0.143. The Kier molecular flexibility index (Phi) is 8.24. The molecule has 0 unspecified atom stereocenters. The summed E-state index contributed by atoms with van der Waals surface area (Å²) < 4.78 is 11.1. The van der Waals surface area contributed by atoms with Crippen molar-refractivity contribution in [2.75, 3.05) is 13.2 Å². The molecular weight excluding hydrogens is 440 g/mol. The van der Waals surface area contributed by atoms with Crippen LogP contribution < -0.4 is 10.1 Å². The molecule has 3 aromatic rings. The standard InChI is InChI=1S/C29H34N2O4/c1-3-34-25-16-14-23(15-17-25)27(28(32)30-24-11-6-7-12-24)31(29(33)26-13-8-20-35-26)19-18-22-10-5-4-9-21(22)2/h4-5,8-10,13-17,20,24,27H,3,6-7,11-12,18-19H2,1-2H3,(H,30,32)/t27-/m1/s1. The van der Waals surface area contributed by atoms with Gasteiger partial charge in [0.25, 0.3) is 5.91 Å². The van der Waals surface area contributed by atoms with Crippen LogP contribution >= 0.6 is 0 Å². The fraction of sp³-hybridized carbons (Fsp3) is 0.379. The first kappa shape index (κ1) is 24.6. The zero-order valence-electron chi connectivity index (χ0n) is 20.5. The summed E-state index contributed by atoms with van der Waals surface area (Å²) in [5.41, 5.74) is 3.05. The molecule has 1 atom stereocenters. The maximum absolute atomic E-state index is 13.7. The van der Waals surface area contributed by atoms with Crippen LogP contribution in [0.4, 0.5) is 0 Å². The van der Waals surface area contributed by atoms with E-state index in [-0.39, 0.29) is 23.6 Å². The highest BCUT2D eigenvalue weighted by Crippen LogP contribution is 2.28. The lowest BCUT2D eigenvalue weighted by atomic mass is 10.0. The first-order valence-corrected chi connectivity index (χ1v) is 12.5. The van der Waals surface area contributed by atoms with Gasteiger partial charge in [0.15, 0.2) is 5.76 Å². The lowest BCUT2D eigenvalue weighted by molar-refractivity contribution is -0.126. The molecule has 184 valence electrons. The van der Waals surface area contributed by atoms with Gasteiger partial charge < -0.3 is 19.4 Å². The molecule has 4 rings (SSSR count). The van der Waals surface area contributed by atoms with E-state index >= 15 is 0 Å². The predicted octanol–water partition coefficient (Wildman–Crippen LogP) is 5.47. The highest BCUT2D eigenvalue weighted by Gasteiger charge is 2.34. The zero-order chi connectivity index (χ0) is 24.6. The monoisotopic (exact) mass is 474 g/mol. The SMILES string of the molecule is CCOc1ccc([C@H](C(=O)NC2CCCC2)N(CCc2ccccc2C)C(=O)c2ccco2)cc1. The van der Waals surface area contributed by atoms with Crippen molar-refractivity contribution in [2.45, 2.75) is 58.0 Å². The van der Waals surface area contributed by atoms with Crippen LogP contribution in [0.2, 0.25) is 0 Å². The molecule has 2 amide bonds. The first-order chi connectivity index (χ1) is 17.1. The van der Waals surface area contributed by atoms with Crippen molar-refractivity contribution in [2.24, 2.45) is 0 Å². The number of benzene rings is 2. The highest BCUT2D eigenvalue weighted by molar-refractivity contribution is 5.96. The maximum atomic E-state index is 13.7. The Labute approximate surface area is 207 Å². The van der Waals surface area contributed by atoms with Crippen LogP contribution in [0.3, 0.4) is 0 Å². The number of carbonyl (C=O) groups is 2. The number of hydrogen-bond acceptors (Lipinski definition) is 4. The number of hydrogen-bond donors (Lipinski definition) is 1. The summed E-state index contributed by atoms with van der Waals surface area (Å²) in [4.78, 5) is 29.0. The highest BCUT2D eigenvalue weighted by atomic mass is 16.5. The third kappa shape index (κ3) is 6.13. The topological polar surface area (TPSA) is 71.8 Å². The van der Waals surface area contributed by atoms with E-state index in [0.29, 0.717) is 19.6 Å². The van der Waals surface area contributed by atoms with Crippen LogP contribution in [0.5, 0.6) is 5.75 Å². The van der Waals surface area contributed by atoms with Crippen LogP contribution in [-0.4, -0.2) is 35.9 Å². The van der Waals surface area contributed by atoms with Gasteiger partial charge in [0.1, 0.15) is 11.8 Å². The van der Waals surface area contributed by atoms with Crippen molar-refractivity contribution in [3.63, 3.8) is 0 Å². The molecule has 1 N–H and O–H groups in total. The molecule has 1 aliphatic rings. The largest absolute Gasteiger partial charge is 0.494 e. The summed E-state index contributed by atoms with van der Waals surface area (Å²) in [6.45, 7) is 4.93. The summed E-state index contributed by atoms with van der Waals surface area (Å²) in [6, 6.07) is 18.3. The van der Waals surface area contributed by atoms with E-state index in [9.17, 15) is 9.59 Å². The van der Waals surface area contributed by atoms with Crippen molar-refractivity contribution in [3.05, 3.63) is 89.4 Å². The van der Waals surface area contributed by atoms with Crippen molar-refractivity contribution >= 4 is 11.8 Å². The Balaban J connectivity index is 1.68. The summed E-state index contributed by atoms with van der Waals surface area (Å²) in [5, 5.41) is 3.21. The first-order valence-electron chi connectivity index (χ1n) is 12.5. The Hall–Kier alpha value is -3.54. The molecule has 0 aliphatic heterocycles. The van der Waals surface area contributed by atoms with E-state index in [1.807, 2.05) is 43.3 Å². The normalized spacial score (nSPS) is 14.5. The van der Waals surface area contributed by atoms with Crippen molar-refractivity contribution in [1.29, 1.82) is 0 Å². The molecule has 0 bridgehead atoms. The fourth-order valence-electron chi connectivity index (χ4n) is 4.76. The number of nitrogens with zero attached hydrogens (tertiary/aromatic N) is 1. The Morgan fingerprint density at radius 2 is 1.80 bits per heavy atom. The minimum Gasteiger partial charge on any atom is -0.494 e. The van der Waals surface area contributed by atoms with Gasteiger partial charge in [-0.2, -0.15) is 0 Å².